The molecule has 0 unspecified atom stereocenters. The largest absolute Gasteiger partial charge is 0.497 e. The van der Waals surface area contributed by atoms with Crippen LogP contribution in [0.25, 0.3) is 0 Å². The number of methoxy groups -OCH3 is 1. The molecule has 1 saturated heterocycles. The van der Waals surface area contributed by atoms with E-state index in [4.69, 9.17) is 4.74 Å². The average molecular weight is 407 g/mol. The van der Waals surface area contributed by atoms with Crippen LogP contribution in [0, 0.1) is 5.92 Å². The smallest absolute Gasteiger partial charge is 0.416 e. The van der Waals surface area contributed by atoms with Crippen molar-refractivity contribution in [3.8, 4) is 5.75 Å². The number of alkyl halides is 3. The molecule has 0 aromatic heterocycles. The number of halogens is 3. The van der Waals surface area contributed by atoms with Gasteiger partial charge < -0.3 is 9.84 Å². The number of benzene rings is 2. The first kappa shape index (κ1) is 21.2. The van der Waals surface area contributed by atoms with Crippen LogP contribution in [0.5, 0.6) is 5.75 Å². The molecule has 1 fully saturated rings. The number of carboxylic acid groups (broad SMARTS) is 1. The molecule has 1 heterocycles. The van der Waals surface area contributed by atoms with Gasteiger partial charge in [0.15, 0.2) is 0 Å². The number of nitrogens with zero attached hydrogens (tertiary/aromatic N) is 1. The number of carboxylic acids is 1. The third-order valence-corrected chi connectivity index (χ3v) is 5.35. The number of piperidine rings is 1. The summed E-state index contributed by atoms with van der Waals surface area (Å²) in [7, 11) is 1.60. The molecule has 0 bridgehead atoms. The zero-order chi connectivity index (χ0) is 21.0. The molecule has 0 aliphatic carbocycles. The average Bonchev–Trinajstić information content (AvgIpc) is 2.67. The number of ether oxygens (including phenoxy) is 1. The minimum Gasteiger partial charge on any atom is -0.497 e. The lowest BCUT2D eigenvalue weighted by atomic mass is 9.83. The number of aliphatic carboxylic acids is 1. The Labute approximate surface area is 167 Å². The Morgan fingerprint density at radius 1 is 1.10 bits per heavy atom. The van der Waals surface area contributed by atoms with Crippen molar-refractivity contribution in [2.45, 2.75) is 31.5 Å². The van der Waals surface area contributed by atoms with E-state index in [0.29, 0.717) is 13.1 Å². The van der Waals surface area contributed by atoms with Crippen LogP contribution in [-0.2, 0) is 17.5 Å². The predicted molar refractivity (Wildman–Crippen MR) is 103 cm³/mol. The monoisotopic (exact) mass is 407 g/mol. The van der Waals surface area contributed by atoms with Gasteiger partial charge in [0.05, 0.1) is 12.7 Å². The van der Waals surface area contributed by atoms with Gasteiger partial charge in [-0.05, 0) is 53.6 Å². The number of likely N-dealkylation sites (tertiary alicyclic amines) is 1. The SMILES string of the molecule is COc1ccc([C@H]2C[C@H](CC(=O)O)CN(Cc3ccc(C(F)(F)F)cc3)C2)cc1. The van der Waals surface area contributed by atoms with Crippen molar-refractivity contribution in [2.75, 3.05) is 20.2 Å². The Morgan fingerprint density at radius 2 is 1.76 bits per heavy atom. The van der Waals surface area contributed by atoms with E-state index in [0.717, 1.165) is 42.0 Å². The second-order valence-electron chi connectivity index (χ2n) is 7.56. The number of hydrogen-bond acceptors (Lipinski definition) is 3. The molecule has 1 N–H and O–H groups in total. The van der Waals surface area contributed by atoms with Crippen molar-refractivity contribution in [2.24, 2.45) is 5.92 Å². The maximum atomic E-state index is 12.8. The highest BCUT2D eigenvalue weighted by Crippen LogP contribution is 2.34. The summed E-state index contributed by atoms with van der Waals surface area (Å²) in [5.74, 6) is 0.0735. The lowest BCUT2D eigenvalue weighted by Crippen LogP contribution is -2.39. The van der Waals surface area contributed by atoms with Crippen LogP contribution in [0.3, 0.4) is 0 Å². The van der Waals surface area contributed by atoms with E-state index in [1.165, 1.54) is 12.1 Å². The van der Waals surface area contributed by atoms with E-state index < -0.39 is 17.7 Å². The molecule has 2 aromatic carbocycles. The van der Waals surface area contributed by atoms with Crippen LogP contribution in [0.4, 0.5) is 13.2 Å². The lowest BCUT2D eigenvalue weighted by molar-refractivity contribution is -0.139. The molecule has 29 heavy (non-hydrogen) atoms. The van der Waals surface area contributed by atoms with Gasteiger partial charge in [-0.3, -0.25) is 9.69 Å². The number of rotatable bonds is 6. The molecular weight excluding hydrogens is 383 g/mol. The Kier molecular flexibility index (Phi) is 6.47. The van der Waals surface area contributed by atoms with Crippen LogP contribution in [0.2, 0.25) is 0 Å². The van der Waals surface area contributed by atoms with Crippen molar-refractivity contribution in [1.82, 2.24) is 4.90 Å². The first-order valence-corrected chi connectivity index (χ1v) is 9.49. The van der Waals surface area contributed by atoms with E-state index in [1.807, 2.05) is 24.3 Å². The van der Waals surface area contributed by atoms with Crippen LogP contribution in [0.15, 0.2) is 48.5 Å². The standard InChI is InChI=1S/C22H24F3NO3/c1-29-20-8-4-17(5-9-20)18-10-16(11-21(27)28)13-26(14-18)12-15-2-6-19(7-3-15)22(23,24)25/h2-9,16,18H,10-14H2,1H3,(H,27,28)/t16-,18+/m1/s1. The van der Waals surface area contributed by atoms with Gasteiger partial charge in [0.25, 0.3) is 0 Å². The van der Waals surface area contributed by atoms with Gasteiger partial charge in [-0.2, -0.15) is 13.2 Å². The quantitative estimate of drug-likeness (QED) is 0.748. The van der Waals surface area contributed by atoms with Crippen LogP contribution in [0.1, 0.15) is 35.4 Å². The van der Waals surface area contributed by atoms with Crippen molar-refractivity contribution < 1.29 is 27.8 Å². The van der Waals surface area contributed by atoms with E-state index in [2.05, 4.69) is 4.90 Å². The van der Waals surface area contributed by atoms with Crippen molar-refractivity contribution in [1.29, 1.82) is 0 Å². The Bertz CT molecular complexity index is 819. The Morgan fingerprint density at radius 3 is 2.31 bits per heavy atom. The third-order valence-electron chi connectivity index (χ3n) is 5.35. The molecule has 1 aliphatic rings. The molecular formula is C22H24F3NO3. The fourth-order valence-electron chi connectivity index (χ4n) is 4.00. The summed E-state index contributed by atoms with van der Waals surface area (Å²) in [5.41, 5.74) is 1.22. The minimum atomic E-state index is -4.35. The number of hydrogen-bond donors (Lipinski definition) is 1. The molecule has 2 aromatic rings. The highest BCUT2D eigenvalue weighted by Gasteiger charge is 2.31. The van der Waals surface area contributed by atoms with Crippen molar-refractivity contribution >= 4 is 5.97 Å². The van der Waals surface area contributed by atoms with Crippen LogP contribution in [-0.4, -0.2) is 36.2 Å². The molecule has 3 rings (SSSR count). The summed E-state index contributed by atoms with van der Waals surface area (Å²) in [5, 5.41) is 9.23. The maximum Gasteiger partial charge on any atom is 0.416 e. The van der Waals surface area contributed by atoms with Crippen LogP contribution < -0.4 is 4.74 Å². The van der Waals surface area contributed by atoms with Gasteiger partial charge in [-0.1, -0.05) is 24.3 Å². The second kappa shape index (κ2) is 8.86. The van der Waals surface area contributed by atoms with Crippen LogP contribution >= 0.6 is 0 Å². The van der Waals surface area contributed by atoms with Crippen molar-refractivity contribution in [3.05, 3.63) is 65.2 Å². The summed E-state index contributed by atoms with van der Waals surface area (Å²) >= 11 is 0. The van der Waals surface area contributed by atoms with Gasteiger partial charge in [0.1, 0.15) is 5.75 Å². The molecule has 0 spiro atoms. The van der Waals surface area contributed by atoms with E-state index in [-0.39, 0.29) is 18.3 Å². The summed E-state index contributed by atoms with van der Waals surface area (Å²) in [4.78, 5) is 13.4. The normalized spacial score (nSPS) is 20.4. The predicted octanol–water partition coefficient (Wildman–Crippen LogP) is 4.79. The van der Waals surface area contributed by atoms with Gasteiger partial charge in [0, 0.05) is 26.1 Å². The highest BCUT2D eigenvalue weighted by atomic mass is 19.4. The van der Waals surface area contributed by atoms with Gasteiger partial charge >= 0.3 is 12.1 Å². The zero-order valence-corrected chi connectivity index (χ0v) is 16.2. The molecule has 1 aliphatic heterocycles. The van der Waals surface area contributed by atoms with E-state index in [9.17, 15) is 23.1 Å². The van der Waals surface area contributed by atoms with Gasteiger partial charge in [-0.15, -0.1) is 0 Å². The molecule has 0 radical (unpaired) electrons. The molecule has 0 amide bonds. The highest BCUT2D eigenvalue weighted by molar-refractivity contribution is 5.67. The second-order valence-corrected chi connectivity index (χ2v) is 7.56. The maximum absolute atomic E-state index is 12.8. The molecule has 2 atom stereocenters. The minimum absolute atomic E-state index is 0.0113. The van der Waals surface area contributed by atoms with E-state index >= 15 is 0 Å². The Balaban J connectivity index is 1.74. The molecule has 156 valence electrons. The molecule has 0 saturated carbocycles. The Hall–Kier alpha value is -2.54. The van der Waals surface area contributed by atoms with Crippen molar-refractivity contribution in [3.63, 3.8) is 0 Å². The van der Waals surface area contributed by atoms with Gasteiger partial charge in [-0.25, -0.2) is 0 Å². The summed E-state index contributed by atoms with van der Waals surface area (Å²) in [6, 6.07) is 12.9. The summed E-state index contributed by atoms with van der Waals surface area (Å²) in [6.07, 6.45) is -3.51. The first-order valence-electron chi connectivity index (χ1n) is 9.49. The lowest BCUT2D eigenvalue weighted by Gasteiger charge is -2.37. The fraction of sp³-hybridized carbons (Fsp3) is 0.409. The first-order chi connectivity index (χ1) is 13.7. The molecule has 4 nitrogen and oxygen atoms in total. The fourth-order valence-corrected chi connectivity index (χ4v) is 4.00. The van der Waals surface area contributed by atoms with E-state index in [1.54, 1.807) is 7.11 Å². The zero-order valence-electron chi connectivity index (χ0n) is 16.2. The third kappa shape index (κ3) is 5.73. The number of carbonyl (C=O) groups is 1. The summed E-state index contributed by atoms with van der Waals surface area (Å²) in [6.45, 7) is 1.82. The topological polar surface area (TPSA) is 49.8 Å². The molecule has 7 heteroatoms. The van der Waals surface area contributed by atoms with Gasteiger partial charge in [0.2, 0.25) is 0 Å². The summed E-state index contributed by atoms with van der Waals surface area (Å²) < 4.78 is 43.5.